The lowest BCUT2D eigenvalue weighted by Gasteiger charge is -2.22. The number of hydrogen-bond acceptors (Lipinski definition) is 4. The largest absolute Gasteiger partial charge is 0.354 e. The van der Waals surface area contributed by atoms with Crippen LogP contribution < -0.4 is 10.2 Å². The van der Waals surface area contributed by atoms with Crippen molar-refractivity contribution in [2.75, 3.05) is 23.3 Å². The molecule has 4 heteroatoms. The average Bonchev–Trinajstić information content (AvgIpc) is 2.75. The number of fused-ring (bicyclic) bond motifs is 1. The monoisotopic (exact) mass is 282 g/mol. The van der Waals surface area contributed by atoms with Crippen LogP contribution in [0.2, 0.25) is 0 Å². The first-order valence-electron chi connectivity index (χ1n) is 7.75. The first-order chi connectivity index (χ1) is 10.4. The number of benzene rings is 1. The zero-order chi connectivity index (χ0) is 14.5. The summed E-state index contributed by atoms with van der Waals surface area (Å²) in [5, 5.41) is 3.26. The van der Waals surface area contributed by atoms with E-state index in [9.17, 15) is 0 Å². The van der Waals surface area contributed by atoms with Crippen LogP contribution in [0, 0.1) is 0 Å². The van der Waals surface area contributed by atoms with Crippen molar-refractivity contribution in [2.45, 2.75) is 32.7 Å². The van der Waals surface area contributed by atoms with Crippen LogP contribution in [0.4, 0.5) is 11.8 Å². The highest BCUT2D eigenvalue weighted by molar-refractivity contribution is 5.45. The van der Waals surface area contributed by atoms with Gasteiger partial charge in [-0.15, -0.1) is 0 Å². The Morgan fingerprint density at radius 2 is 2.05 bits per heavy atom. The van der Waals surface area contributed by atoms with Crippen LogP contribution in [0.15, 0.2) is 36.5 Å². The summed E-state index contributed by atoms with van der Waals surface area (Å²) in [6, 6.07) is 10.7. The predicted octanol–water partition coefficient (Wildman–Crippen LogP) is 3.25. The van der Waals surface area contributed by atoms with E-state index in [2.05, 4.69) is 51.4 Å². The van der Waals surface area contributed by atoms with Gasteiger partial charge in [0.2, 0.25) is 5.95 Å². The molecule has 0 fully saturated rings. The predicted molar refractivity (Wildman–Crippen MR) is 86.6 cm³/mol. The molecule has 2 heterocycles. The van der Waals surface area contributed by atoms with Gasteiger partial charge in [0.15, 0.2) is 0 Å². The standard InChI is InChI=1S/C17H22N4/c1-2-10-18-17-19-11-9-16(20-17)21-12-5-8-14-6-3-4-7-15(14)13-21/h3-4,6-7,9,11H,2,5,8,10,12-13H2,1H3,(H,18,19,20). The Kier molecular flexibility index (Phi) is 4.34. The Hall–Kier alpha value is -2.10. The molecule has 1 aromatic heterocycles. The number of nitrogens with zero attached hydrogens (tertiary/aromatic N) is 3. The number of anilines is 2. The fourth-order valence-corrected chi connectivity index (χ4v) is 2.74. The first-order valence-corrected chi connectivity index (χ1v) is 7.75. The van der Waals surface area contributed by atoms with E-state index in [0.717, 1.165) is 44.2 Å². The van der Waals surface area contributed by atoms with Gasteiger partial charge in [0.05, 0.1) is 0 Å². The van der Waals surface area contributed by atoms with Crippen molar-refractivity contribution >= 4 is 11.8 Å². The minimum absolute atomic E-state index is 0.729. The highest BCUT2D eigenvalue weighted by atomic mass is 15.2. The molecule has 1 aliphatic rings. The summed E-state index contributed by atoms with van der Waals surface area (Å²) in [4.78, 5) is 11.3. The fourth-order valence-electron chi connectivity index (χ4n) is 2.74. The van der Waals surface area contributed by atoms with Crippen LogP contribution in [0.3, 0.4) is 0 Å². The van der Waals surface area contributed by atoms with E-state index in [-0.39, 0.29) is 0 Å². The SMILES string of the molecule is CCCNc1nccc(N2CCCc3ccccc3C2)n1. The van der Waals surface area contributed by atoms with Crippen molar-refractivity contribution in [2.24, 2.45) is 0 Å². The van der Waals surface area contributed by atoms with Gasteiger partial charge in [-0.1, -0.05) is 31.2 Å². The summed E-state index contributed by atoms with van der Waals surface area (Å²) in [5.41, 5.74) is 2.88. The summed E-state index contributed by atoms with van der Waals surface area (Å²) in [6.45, 7) is 5.02. The van der Waals surface area contributed by atoms with Crippen molar-refractivity contribution in [1.29, 1.82) is 0 Å². The van der Waals surface area contributed by atoms with Crippen LogP contribution >= 0.6 is 0 Å². The Labute approximate surface area is 126 Å². The maximum absolute atomic E-state index is 4.65. The molecule has 0 aliphatic carbocycles. The van der Waals surface area contributed by atoms with Gasteiger partial charge in [0.1, 0.15) is 5.82 Å². The van der Waals surface area contributed by atoms with Gasteiger partial charge in [0, 0.05) is 25.8 Å². The summed E-state index contributed by atoms with van der Waals surface area (Å²) in [6.07, 6.45) is 5.24. The van der Waals surface area contributed by atoms with Crippen LogP contribution in [0.5, 0.6) is 0 Å². The molecular weight excluding hydrogens is 260 g/mol. The van der Waals surface area contributed by atoms with Gasteiger partial charge >= 0.3 is 0 Å². The molecule has 0 amide bonds. The second-order valence-electron chi connectivity index (χ2n) is 5.46. The van der Waals surface area contributed by atoms with Crippen LogP contribution in [-0.2, 0) is 13.0 Å². The molecule has 1 aliphatic heterocycles. The van der Waals surface area contributed by atoms with Crippen molar-refractivity contribution in [3.05, 3.63) is 47.7 Å². The van der Waals surface area contributed by atoms with Gasteiger partial charge in [-0.25, -0.2) is 4.98 Å². The first kappa shape index (κ1) is 13.9. The van der Waals surface area contributed by atoms with Gasteiger partial charge in [0.25, 0.3) is 0 Å². The van der Waals surface area contributed by atoms with Gasteiger partial charge in [-0.3, -0.25) is 0 Å². The van der Waals surface area contributed by atoms with E-state index in [1.54, 1.807) is 0 Å². The number of hydrogen-bond donors (Lipinski definition) is 1. The zero-order valence-corrected chi connectivity index (χ0v) is 12.5. The van der Waals surface area contributed by atoms with Crippen molar-refractivity contribution in [3.63, 3.8) is 0 Å². The summed E-state index contributed by atoms with van der Waals surface area (Å²) >= 11 is 0. The minimum atomic E-state index is 0.729. The van der Waals surface area contributed by atoms with Crippen molar-refractivity contribution in [1.82, 2.24) is 9.97 Å². The molecule has 0 atom stereocenters. The molecule has 0 saturated carbocycles. The maximum atomic E-state index is 4.65. The summed E-state index contributed by atoms with van der Waals surface area (Å²) in [7, 11) is 0. The molecule has 0 spiro atoms. The average molecular weight is 282 g/mol. The Morgan fingerprint density at radius 1 is 1.19 bits per heavy atom. The lowest BCUT2D eigenvalue weighted by Crippen LogP contribution is -2.24. The van der Waals surface area contributed by atoms with Gasteiger partial charge in [-0.05, 0) is 36.5 Å². The molecule has 1 N–H and O–H groups in total. The highest BCUT2D eigenvalue weighted by Crippen LogP contribution is 2.22. The minimum Gasteiger partial charge on any atom is -0.354 e. The lowest BCUT2D eigenvalue weighted by atomic mass is 10.0. The van der Waals surface area contributed by atoms with Crippen LogP contribution in [-0.4, -0.2) is 23.1 Å². The topological polar surface area (TPSA) is 41.1 Å². The van der Waals surface area contributed by atoms with Crippen molar-refractivity contribution < 1.29 is 0 Å². The smallest absolute Gasteiger partial charge is 0.224 e. The number of aryl methyl sites for hydroxylation is 1. The molecule has 0 radical (unpaired) electrons. The van der Waals surface area contributed by atoms with E-state index in [1.807, 2.05) is 12.3 Å². The Balaban J connectivity index is 1.80. The molecular formula is C17H22N4. The van der Waals surface area contributed by atoms with E-state index in [0.29, 0.717) is 0 Å². The van der Waals surface area contributed by atoms with E-state index >= 15 is 0 Å². The second-order valence-corrected chi connectivity index (χ2v) is 5.46. The molecule has 1 aromatic carbocycles. The lowest BCUT2D eigenvalue weighted by molar-refractivity contribution is 0.753. The molecule has 0 bridgehead atoms. The number of nitrogens with one attached hydrogen (secondary N) is 1. The molecule has 110 valence electrons. The van der Waals surface area contributed by atoms with E-state index in [1.165, 1.54) is 17.5 Å². The molecule has 21 heavy (non-hydrogen) atoms. The normalized spacial score (nSPS) is 14.4. The molecule has 4 nitrogen and oxygen atoms in total. The van der Waals surface area contributed by atoms with E-state index in [4.69, 9.17) is 0 Å². The highest BCUT2D eigenvalue weighted by Gasteiger charge is 2.15. The maximum Gasteiger partial charge on any atom is 0.224 e. The molecule has 3 rings (SSSR count). The second kappa shape index (κ2) is 6.57. The Morgan fingerprint density at radius 3 is 2.90 bits per heavy atom. The fraction of sp³-hybridized carbons (Fsp3) is 0.412. The van der Waals surface area contributed by atoms with Gasteiger partial charge < -0.3 is 10.2 Å². The van der Waals surface area contributed by atoms with E-state index < -0.39 is 0 Å². The third kappa shape index (κ3) is 3.32. The third-order valence-electron chi connectivity index (χ3n) is 3.85. The summed E-state index contributed by atoms with van der Waals surface area (Å²) < 4.78 is 0. The Bertz CT molecular complexity index is 597. The van der Waals surface area contributed by atoms with Crippen molar-refractivity contribution in [3.8, 4) is 0 Å². The summed E-state index contributed by atoms with van der Waals surface area (Å²) in [5.74, 6) is 1.74. The molecule has 0 unspecified atom stereocenters. The quantitative estimate of drug-likeness (QED) is 0.934. The number of rotatable bonds is 4. The zero-order valence-electron chi connectivity index (χ0n) is 12.5. The molecule has 0 saturated heterocycles. The van der Waals surface area contributed by atoms with Gasteiger partial charge in [-0.2, -0.15) is 4.98 Å². The number of aromatic nitrogens is 2. The van der Waals surface area contributed by atoms with Crippen LogP contribution in [0.25, 0.3) is 0 Å². The third-order valence-corrected chi connectivity index (χ3v) is 3.85. The van der Waals surface area contributed by atoms with Crippen LogP contribution in [0.1, 0.15) is 30.9 Å². The molecule has 2 aromatic rings.